The van der Waals surface area contributed by atoms with Crippen LogP contribution in [0.15, 0.2) is 11.6 Å². The molecule has 3 atom stereocenters. The number of hydrogen-bond donors (Lipinski definition) is 1. The largest absolute Gasteiger partial charge is 0.469 e. The van der Waals surface area contributed by atoms with E-state index in [1.807, 2.05) is 0 Å². The Labute approximate surface area is 109 Å². The first kappa shape index (κ1) is 13.6. The van der Waals surface area contributed by atoms with Crippen molar-refractivity contribution in [3.63, 3.8) is 0 Å². The predicted molar refractivity (Wildman–Crippen MR) is 70.0 cm³/mol. The first-order valence-electron chi connectivity index (χ1n) is 7.10. The second kappa shape index (κ2) is 6.37. The van der Waals surface area contributed by atoms with Crippen LogP contribution in [0.2, 0.25) is 0 Å². The number of hydrogen-bond acceptors (Lipinski definition) is 3. The number of methoxy groups -OCH3 is 1. The fourth-order valence-electron chi connectivity index (χ4n) is 3.60. The predicted octanol–water partition coefficient (Wildman–Crippen LogP) is 2.68. The Morgan fingerprint density at radius 3 is 3.00 bits per heavy atom. The summed E-state index contributed by atoms with van der Waals surface area (Å²) in [6.45, 7) is 0.358. The lowest BCUT2D eigenvalue weighted by Gasteiger charge is -2.14. The lowest BCUT2D eigenvalue weighted by atomic mass is 9.92. The number of aliphatic hydroxyl groups is 1. The van der Waals surface area contributed by atoms with Gasteiger partial charge in [0.25, 0.3) is 0 Å². The summed E-state index contributed by atoms with van der Waals surface area (Å²) in [6, 6.07) is 0. The van der Waals surface area contributed by atoms with E-state index < -0.39 is 0 Å². The summed E-state index contributed by atoms with van der Waals surface area (Å²) in [5.74, 6) is 1.96. The molecule has 0 heterocycles. The highest BCUT2D eigenvalue weighted by atomic mass is 16.5. The van der Waals surface area contributed by atoms with Crippen LogP contribution in [0.5, 0.6) is 0 Å². The molecule has 2 fully saturated rings. The lowest BCUT2D eigenvalue weighted by Crippen LogP contribution is -2.12. The van der Waals surface area contributed by atoms with Crippen LogP contribution in [0.3, 0.4) is 0 Å². The van der Waals surface area contributed by atoms with Crippen LogP contribution < -0.4 is 0 Å². The molecular weight excluding hydrogens is 228 g/mol. The first-order chi connectivity index (χ1) is 8.74. The van der Waals surface area contributed by atoms with Gasteiger partial charge >= 0.3 is 5.97 Å². The molecule has 0 saturated heterocycles. The van der Waals surface area contributed by atoms with Gasteiger partial charge in [-0.2, -0.15) is 0 Å². The van der Waals surface area contributed by atoms with Gasteiger partial charge in [-0.1, -0.05) is 11.6 Å². The molecule has 3 heteroatoms. The molecule has 3 nitrogen and oxygen atoms in total. The van der Waals surface area contributed by atoms with Crippen molar-refractivity contribution in [3.8, 4) is 0 Å². The van der Waals surface area contributed by atoms with Gasteiger partial charge in [-0.15, -0.1) is 0 Å². The van der Waals surface area contributed by atoms with E-state index >= 15 is 0 Å². The fraction of sp³-hybridized carbons (Fsp3) is 0.800. The van der Waals surface area contributed by atoms with Gasteiger partial charge in [0.1, 0.15) is 0 Å². The summed E-state index contributed by atoms with van der Waals surface area (Å²) < 4.78 is 4.62. The average molecular weight is 252 g/mol. The molecule has 18 heavy (non-hydrogen) atoms. The topological polar surface area (TPSA) is 46.5 Å². The highest BCUT2D eigenvalue weighted by Crippen LogP contribution is 2.49. The Bertz CT molecular complexity index is 322. The zero-order valence-electron chi connectivity index (χ0n) is 11.2. The summed E-state index contributed by atoms with van der Waals surface area (Å²) in [7, 11) is 1.44. The highest BCUT2D eigenvalue weighted by molar-refractivity contribution is 5.69. The van der Waals surface area contributed by atoms with Crippen LogP contribution in [-0.2, 0) is 9.53 Å². The third-order valence-corrected chi connectivity index (χ3v) is 4.62. The number of ether oxygens (including phenoxy) is 1. The zero-order chi connectivity index (χ0) is 13.0. The van der Waals surface area contributed by atoms with Crippen molar-refractivity contribution < 1.29 is 14.6 Å². The van der Waals surface area contributed by atoms with Crippen molar-refractivity contribution >= 4 is 5.97 Å². The fourth-order valence-corrected chi connectivity index (χ4v) is 3.60. The van der Waals surface area contributed by atoms with Gasteiger partial charge in [0.15, 0.2) is 0 Å². The Morgan fingerprint density at radius 2 is 2.28 bits per heavy atom. The van der Waals surface area contributed by atoms with Gasteiger partial charge in [0, 0.05) is 13.0 Å². The third kappa shape index (κ3) is 3.14. The summed E-state index contributed by atoms with van der Waals surface area (Å²) in [4.78, 5) is 11.0. The van der Waals surface area contributed by atoms with Crippen LogP contribution in [0, 0.1) is 17.8 Å². The molecule has 1 N–H and O–H groups in total. The van der Waals surface area contributed by atoms with E-state index in [2.05, 4.69) is 10.8 Å². The Hall–Kier alpha value is -0.830. The summed E-state index contributed by atoms with van der Waals surface area (Å²) >= 11 is 0. The number of carbonyl (C=O) groups is 1. The van der Waals surface area contributed by atoms with E-state index in [1.165, 1.54) is 32.8 Å². The second-order valence-electron chi connectivity index (χ2n) is 5.68. The standard InChI is InChI=1S/C15H24O3/c1-18-15(17)5-3-2-4-11-8-12-6-7-13(10-16)14(12)9-11/h4,12-14,16H,2-3,5-10H2,1H3/t12-,13?,14+/m1/s1. The van der Waals surface area contributed by atoms with Crippen molar-refractivity contribution in [1.29, 1.82) is 0 Å². The Kier molecular flexibility index (Phi) is 4.81. The Balaban J connectivity index is 1.74. The van der Waals surface area contributed by atoms with Crippen molar-refractivity contribution in [2.45, 2.75) is 44.9 Å². The minimum atomic E-state index is -0.114. The molecule has 0 aromatic carbocycles. The van der Waals surface area contributed by atoms with Gasteiger partial charge in [-0.3, -0.25) is 4.79 Å². The van der Waals surface area contributed by atoms with E-state index in [0.717, 1.165) is 24.7 Å². The molecule has 0 radical (unpaired) electrons. The van der Waals surface area contributed by atoms with E-state index in [0.29, 0.717) is 18.9 Å². The lowest BCUT2D eigenvalue weighted by molar-refractivity contribution is -0.140. The molecule has 0 aliphatic heterocycles. The number of allylic oxidation sites excluding steroid dienone is 2. The van der Waals surface area contributed by atoms with Gasteiger partial charge in [0.05, 0.1) is 7.11 Å². The number of unbranched alkanes of at least 4 members (excludes halogenated alkanes) is 1. The maximum absolute atomic E-state index is 11.0. The highest BCUT2D eigenvalue weighted by Gasteiger charge is 2.40. The number of carbonyl (C=O) groups excluding carboxylic acids is 1. The Morgan fingerprint density at radius 1 is 1.44 bits per heavy atom. The number of rotatable bonds is 5. The maximum atomic E-state index is 11.0. The number of fused-ring (bicyclic) bond motifs is 1. The minimum absolute atomic E-state index is 0.114. The smallest absolute Gasteiger partial charge is 0.305 e. The summed E-state index contributed by atoms with van der Waals surface area (Å²) in [6.07, 6.45) is 9.59. The second-order valence-corrected chi connectivity index (χ2v) is 5.68. The average Bonchev–Trinajstić information content (AvgIpc) is 2.93. The molecule has 0 aromatic rings. The van der Waals surface area contributed by atoms with Gasteiger partial charge in [-0.05, 0) is 56.3 Å². The molecule has 2 rings (SSSR count). The molecule has 0 aromatic heterocycles. The van der Waals surface area contributed by atoms with Crippen LogP contribution in [0.1, 0.15) is 44.9 Å². The molecule has 2 aliphatic rings. The van der Waals surface area contributed by atoms with E-state index in [-0.39, 0.29) is 5.97 Å². The van der Waals surface area contributed by atoms with Gasteiger partial charge in [0.2, 0.25) is 0 Å². The summed E-state index contributed by atoms with van der Waals surface area (Å²) in [5.41, 5.74) is 1.55. The first-order valence-corrected chi connectivity index (χ1v) is 7.10. The van der Waals surface area contributed by atoms with Crippen molar-refractivity contribution in [1.82, 2.24) is 0 Å². The third-order valence-electron chi connectivity index (χ3n) is 4.62. The van der Waals surface area contributed by atoms with Crippen LogP contribution in [0.25, 0.3) is 0 Å². The molecule has 0 spiro atoms. The van der Waals surface area contributed by atoms with E-state index in [1.54, 1.807) is 5.57 Å². The van der Waals surface area contributed by atoms with Gasteiger partial charge in [-0.25, -0.2) is 0 Å². The molecule has 102 valence electrons. The van der Waals surface area contributed by atoms with Gasteiger partial charge < -0.3 is 9.84 Å². The van der Waals surface area contributed by atoms with E-state index in [9.17, 15) is 9.90 Å². The van der Waals surface area contributed by atoms with Crippen molar-refractivity contribution in [3.05, 3.63) is 11.6 Å². The quantitative estimate of drug-likeness (QED) is 0.465. The SMILES string of the molecule is COC(=O)CCCC=C1C[C@H]2CCC(CO)[C@H]2C1. The normalized spacial score (nSPS) is 32.8. The number of aliphatic hydroxyl groups excluding tert-OH is 1. The maximum Gasteiger partial charge on any atom is 0.305 e. The van der Waals surface area contributed by atoms with Crippen LogP contribution >= 0.6 is 0 Å². The molecule has 2 aliphatic carbocycles. The minimum Gasteiger partial charge on any atom is -0.469 e. The van der Waals surface area contributed by atoms with Crippen LogP contribution in [-0.4, -0.2) is 24.8 Å². The van der Waals surface area contributed by atoms with Crippen LogP contribution in [0.4, 0.5) is 0 Å². The van der Waals surface area contributed by atoms with E-state index in [4.69, 9.17) is 0 Å². The van der Waals surface area contributed by atoms with Crippen molar-refractivity contribution in [2.24, 2.45) is 17.8 Å². The number of esters is 1. The molecular formula is C15H24O3. The van der Waals surface area contributed by atoms with Crippen molar-refractivity contribution in [2.75, 3.05) is 13.7 Å². The zero-order valence-corrected chi connectivity index (χ0v) is 11.2. The molecule has 2 saturated carbocycles. The summed E-state index contributed by atoms with van der Waals surface area (Å²) in [5, 5.41) is 9.33. The molecule has 0 bridgehead atoms. The molecule has 0 amide bonds. The monoisotopic (exact) mass is 252 g/mol. The molecule has 1 unspecified atom stereocenters.